The molecule has 7 heteroatoms. The normalized spacial score (nSPS) is 10.7. The number of rotatable bonds is 8. The molecule has 0 aliphatic rings. The molecule has 1 aromatic heterocycles. The van der Waals surface area contributed by atoms with Gasteiger partial charge in [0, 0.05) is 18.2 Å². The van der Waals surface area contributed by atoms with Gasteiger partial charge in [-0.15, -0.1) is 0 Å². The lowest BCUT2D eigenvalue weighted by Crippen LogP contribution is -2.24. The van der Waals surface area contributed by atoms with Gasteiger partial charge in [0.15, 0.2) is 11.5 Å². The smallest absolute Gasteiger partial charge is 0.230 e. The number of nitrogens with zero attached hydrogens (tertiary/aromatic N) is 2. The number of amides is 1. The van der Waals surface area contributed by atoms with Gasteiger partial charge in [-0.05, 0) is 30.7 Å². The van der Waals surface area contributed by atoms with E-state index in [1.54, 1.807) is 14.2 Å². The number of methoxy groups -OCH3 is 2. The molecular weight excluding hydrogens is 350 g/mol. The number of ether oxygens (including phenoxy) is 2. The summed E-state index contributed by atoms with van der Waals surface area (Å²) in [6.45, 7) is 6.48. The fraction of sp³-hybridized carbons (Fsp3) is 0.421. The van der Waals surface area contributed by atoms with Crippen LogP contribution in [0, 0.1) is 6.92 Å². The molecule has 0 atom stereocenters. The van der Waals surface area contributed by atoms with Crippen LogP contribution in [-0.2, 0) is 11.3 Å². The molecule has 0 radical (unpaired) electrons. The molecule has 1 amide bonds. The lowest BCUT2D eigenvalue weighted by atomic mass is 10.2. The average molecular weight is 375 g/mol. The summed E-state index contributed by atoms with van der Waals surface area (Å²) in [6, 6.07) is 7.48. The van der Waals surface area contributed by atoms with E-state index >= 15 is 0 Å². The van der Waals surface area contributed by atoms with Crippen molar-refractivity contribution < 1.29 is 14.3 Å². The lowest BCUT2D eigenvalue weighted by molar-refractivity contribution is -0.118. The Kier molecular flexibility index (Phi) is 7.26. The zero-order chi connectivity index (χ0) is 19.1. The Morgan fingerprint density at radius 3 is 2.54 bits per heavy atom. The van der Waals surface area contributed by atoms with E-state index in [2.05, 4.69) is 29.1 Å². The number of carbonyl (C=O) groups is 1. The molecular formula is C19H25N3O3S. The zero-order valence-electron chi connectivity index (χ0n) is 15.8. The second kappa shape index (κ2) is 9.43. The standard InChI is InChI=1S/C19H25N3O3S/c1-12(2)19-21-13(3)8-18(22-19)26-11-17(23)20-10-14-6-7-15(24-4)16(9-14)25-5/h6-9,12H,10-11H2,1-5H3,(H,20,23). The first-order valence-corrected chi connectivity index (χ1v) is 9.37. The van der Waals surface area contributed by atoms with Gasteiger partial charge in [-0.2, -0.15) is 0 Å². The molecule has 0 aliphatic carbocycles. The van der Waals surface area contributed by atoms with Crippen LogP contribution in [0.25, 0.3) is 0 Å². The van der Waals surface area contributed by atoms with Crippen molar-refractivity contribution in [2.45, 2.75) is 38.3 Å². The Bertz CT molecular complexity index is 766. The molecule has 0 spiro atoms. The largest absolute Gasteiger partial charge is 0.493 e. The molecule has 1 N–H and O–H groups in total. The Morgan fingerprint density at radius 1 is 1.15 bits per heavy atom. The quantitative estimate of drug-likeness (QED) is 0.563. The highest BCUT2D eigenvalue weighted by Gasteiger charge is 2.10. The van der Waals surface area contributed by atoms with E-state index in [0.717, 1.165) is 22.1 Å². The van der Waals surface area contributed by atoms with Crippen LogP contribution in [-0.4, -0.2) is 35.8 Å². The Hall–Kier alpha value is -2.28. The van der Waals surface area contributed by atoms with Crippen LogP contribution in [0.2, 0.25) is 0 Å². The van der Waals surface area contributed by atoms with Crippen molar-refractivity contribution in [2.75, 3.05) is 20.0 Å². The number of aromatic nitrogens is 2. The molecule has 0 unspecified atom stereocenters. The second-order valence-corrected chi connectivity index (χ2v) is 7.11. The first-order chi connectivity index (χ1) is 12.4. The predicted octanol–water partition coefficient (Wildman–Crippen LogP) is 3.33. The summed E-state index contributed by atoms with van der Waals surface area (Å²) in [6.07, 6.45) is 0. The Labute approximate surface area is 158 Å². The summed E-state index contributed by atoms with van der Waals surface area (Å²) in [7, 11) is 3.18. The molecule has 6 nitrogen and oxygen atoms in total. The molecule has 1 aromatic carbocycles. The highest BCUT2D eigenvalue weighted by molar-refractivity contribution is 7.99. The Balaban J connectivity index is 1.90. The van der Waals surface area contributed by atoms with Gasteiger partial charge >= 0.3 is 0 Å². The SMILES string of the molecule is COc1ccc(CNC(=O)CSc2cc(C)nc(C(C)C)n2)cc1OC. The van der Waals surface area contributed by atoms with Crippen LogP contribution in [0.3, 0.4) is 0 Å². The van der Waals surface area contributed by atoms with Gasteiger partial charge in [0.1, 0.15) is 10.9 Å². The summed E-state index contributed by atoms with van der Waals surface area (Å²) in [5, 5.41) is 3.73. The van der Waals surface area contributed by atoms with E-state index in [9.17, 15) is 4.79 Å². The van der Waals surface area contributed by atoms with E-state index in [1.165, 1.54) is 11.8 Å². The summed E-state index contributed by atoms with van der Waals surface area (Å²) in [4.78, 5) is 21.1. The van der Waals surface area contributed by atoms with Gasteiger partial charge in [-0.3, -0.25) is 4.79 Å². The van der Waals surface area contributed by atoms with E-state index in [0.29, 0.717) is 23.8 Å². The Morgan fingerprint density at radius 2 is 1.88 bits per heavy atom. The molecule has 0 saturated carbocycles. The van der Waals surface area contributed by atoms with Crippen LogP contribution in [0.5, 0.6) is 11.5 Å². The number of hydrogen-bond acceptors (Lipinski definition) is 6. The van der Waals surface area contributed by atoms with Crippen LogP contribution >= 0.6 is 11.8 Å². The maximum atomic E-state index is 12.1. The van der Waals surface area contributed by atoms with Crippen LogP contribution < -0.4 is 14.8 Å². The third kappa shape index (κ3) is 5.62. The van der Waals surface area contributed by atoms with Crippen molar-refractivity contribution in [1.82, 2.24) is 15.3 Å². The van der Waals surface area contributed by atoms with Gasteiger partial charge in [0.25, 0.3) is 0 Å². The number of hydrogen-bond donors (Lipinski definition) is 1. The van der Waals surface area contributed by atoms with Crippen LogP contribution in [0.15, 0.2) is 29.3 Å². The fourth-order valence-electron chi connectivity index (χ4n) is 2.28. The molecule has 2 rings (SSSR count). The van der Waals surface area contributed by atoms with Crippen molar-refractivity contribution in [3.63, 3.8) is 0 Å². The second-order valence-electron chi connectivity index (χ2n) is 6.12. The summed E-state index contributed by atoms with van der Waals surface area (Å²) in [5.74, 6) is 2.63. The average Bonchev–Trinajstić information content (AvgIpc) is 2.63. The van der Waals surface area contributed by atoms with E-state index in [1.807, 2.05) is 31.2 Å². The number of thioether (sulfide) groups is 1. The first-order valence-electron chi connectivity index (χ1n) is 8.39. The third-order valence-electron chi connectivity index (χ3n) is 3.65. The number of benzene rings is 1. The van der Waals surface area contributed by atoms with E-state index in [4.69, 9.17) is 9.47 Å². The minimum Gasteiger partial charge on any atom is -0.493 e. The maximum absolute atomic E-state index is 12.1. The minimum atomic E-state index is -0.0489. The highest BCUT2D eigenvalue weighted by atomic mass is 32.2. The molecule has 0 bridgehead atoms. The molecule has 140 valence electrons. The summed E-state index contributed by atoms with van der Waals surface area (Å²) in [5.41, 5.74) is 1.86. The molecule has 0 aliphatic heterocycles. The van der Waals surface area contributed by atoms with Crippen molar-refractivity contribution in [3.05, 3.63) is 41.3 Å². The maximum Gasteiger partial charge on any atom is 0.230 e. The molecule has 0 saturated heterocycles. The molecule has 2 aromatic rings. The van der Waals surface area contributed by atoms with Gasteiger partial charge in [-0.25, -0.2) is 9.97 Å². The van der Waals surface area contributed by atoms with E-state index in [-0.39, 0.29) is 11.8 Å². The predicted molar refractivity (Wildman–Crippen MR) is 103 cm³/mol. The number of carbonyl (C=O) groups excluding carboxylic acids is 1. The topological polar surface area (TPSA) is 73.3 Å². The van der Waals surface area contributed by atoms with Crippen molar-refractivity contribution in [1.29, 1.82) is 0 Å². The van der Waals surface area contributed by atoms with Gasteiger partial charge < -0.3 is 14.8 Å². The zero-order valence-corrected chi connectivity index (χ0v) is 16.6. The molecule has 26 heavy (non-hydrogen) atoms. The van der Waals surface area contributed by atoms with Crippen LogP contribution in [0.4, 0.5) is 0 Å². The number of nitrogens with one attached hydrogen (secondary N) is 1. The molecule has 0 fully saturated rings. The van der Waals surface area contributed by atoms with Gasteiger partial charge in [0.2, 0.25) is 5.91 Å². The van der Waals surface area contributed by atoms with Crippen molar-refractivity contribution in [3.8, 4) is 11.5 Å². The van der Waals surface area contributed by atoms with Gasteiger partial charge in [-0.1, -0.05) is 31.7 Å². The van der Waals surface area contributed by atoms with Gasteiger partial charge in [0.05, 0.1) is 20.0 Å². The first kappa shape index (κ1) is 20.0. The summed E-state index contributed by atoms with van der Waals surface area (Å²) >= 11 is 1.42. The highest BCUT2D eigenvalue weighted by Crippen LogP contribution is 2.27. The van der Waals surface area contributed by atoms with Crippen LogP contribution in [0.1, 0.15) is 36.8 Å². The minimum absolute atomic E-state index is 0.0489. The monoisotopic (exact) mass is 375 g/mol. The lowest BCUT2D eigenvalue weighted by Gasteiger charge is -2.11. The molecule has 1 heterocycles. The fourth-order valence-corrected chi connectivity index (χ4v) is 3.07. The van der Waals surface area contributed by atoms with Crippen molar-refractivity contribution >= 4 is 17.7 Å². The third-order valence-corrected chi connectivity index (χ3v) is 4.56. The summed E-state index contributed by atoms with van der Waals surface area (Å²) < 4.78 is 10.5. The number of aryl methyl sites for hydroxylation is 1. The van der Waals surface area contributed by atoms with Crippen molar-refractivity contribution in [2.24, 2.45) is 0 Å². The van der Waals surface area contributed by atoms with E-state index < -0.39 is 0 Å².